The van der Waals surface area contributed by atoms with Crippen molar-refractivity contribution < 1.29 is 57.3 Å². The number of hydrogen-bond donors (Lipinski definition) is 5. The lowest BCUT2D eigenvalue weighted by Gasteiger charge is -2.47. The Hall–Kier alpha value is -2.66. The number of carboxylic acids is 1. The highest BCUT2D eigenvalue weighted by atomic mass is 32.5. The van der Waals surface area contributed by atoms with Gasteiger partial charge in [-0.25, -0.2) is 10.3 Å². The molecule has 1 aliphatic carbocycles. The third kappa shape index (κ3) is 6.47. The number of benzene rings is 1. The molecule has 1 heterocycles. The van der Waals surface area contributed by atoms with Crippen molar-refractivity contribution in [2.45, 2.75) is 30.0 Å². The van der Waals surface area contributed by atoms with Crippen LogP contribution in [0.5, 0.6) is 0 Å². The Labute approximate surface area is 186 Å². The summed E-state index contributed by atoms with van der Waals surface area (Å²) in [6.07, 6.45) is -3.38. The van der Waals surface area contributed by atoms with Crippen molar-refractivity contribution in [2.24, 2.45) is 11.3 Å². The number of rotatable bonds is 6. The summed E-state index contributed by atoms with van der Waals surface area (Å²) in [4.78, 5) is 31.2. The molecule has 1 saturated heterocycles. The molecule has 17 heteroatoms. The maximum absolute atomic E-state index is 12.8. The van der Waals surface area contributed by atoms with Gasteiger partial charge in [-0.05, 0) is 43.0 Å². The molecule has 0 radical (unpaired) electrons. The number of hydrogen-bond acceptors (Lipinski definition) is 5. The Morgan fingerprint density at radius 3 is 1.79 bits per heavy atom. The largest absolute Gasteiger partial charge is 0.490 e. The van der Waals surface area contributed by atoms with Crippen LogP contribution in [0.15, 0.2) is 29.2 Å². The molecule has 8 nitrogen and oxygen atoms in total. The van der Waals surface area contributed by atoms with E-state index in [0.29, 0.717) is 25.2 Å². The van der Waals surface area contributed by atoms with Crippen LogP contribution in [0.2, 0.25) is 0 Å². The van der Waals surface area contributed by atoms with Crippen LogP contribution in [-0.4, -0.2) is 53.4 Å². The molecule has 0 bridgehead atoms. The first-order valence-electron chi connectivity index (χ1n) is 9.31. The summed E-state index contributed by atoms with van der Waals surface area (Å²) in [5.41, 5.74) is 0.577. The van der Waals surface area contributed by atoms with Crippen LogP contribution in [0.1, 0.15) is 23.2 Å². The topological polar surface area (TPSA) is 128 Å². The second-order valence-corrected chi connectivity index (χ2v) is 10.2. The van der Waals surface area contributed by atoms with Gasteiger partial charge in [0.2, 0.25) is 0 Å². The summed E-state index contributed by atoms with van der Waals surface area (Å²) in [6.45, 7) is 0.859. The SMILES string of the molecule is O=C(N[C@H](C(=O)NO)C1(C2CC2)CNC1)c1ccc(S(F)(F)(F)(F)F)cc1.O=C(O)C(F)(F)F. The van der Waals surface area contributed by atoms with Gasteiger partial charge < -0.3 is 15.7 Å². The number of carbonyl (C=O) groups excluding carboxylic acids is 2. The molecule has 1 atom stereocenters. The average molecular weight is 529 g/mol. The quantitative estimate of drug-likeness (QED) is 0.218. The fourth-order valence-electron chi connectivity index (χ4n) is 3.41. The van der Waals surface area contributed by atoms with Crippen LogP contribution in [0.25, 0.3) is 0 Å². The van der Waals surface area contributed by atoms with Crippen molar-refractivity contribution in [1.82, 2.24) is 16.1 Å². The van der Waals surface area contributed by atoms with Crippen LogP contribution in [-0.2, 0) is 9.59 Å². The number of hydroxylamine groups is 1. The number of halogens is 8. The number of carboxylic acid groups (broad SMARTS) is 1. The molecule has 0 unspecified atom stereocenters. The number of aliphatic carboxylic acids is 1. The van der Waals surface area contributed by atoms with Gasteiger partial charge in [0, 0.05) is 24.1 Å². The maximum atomic E-state index is 12.8. The zero-order valence-electron chi connectivity index (χ0n) is 16.8. The molecular weight excluding hydrogens is 510 g/mol. The normalized spacial score (nSPS) is 20.3. The summed E-state index contributed by atoms with van der Waals surface area (Å²) < 4.78 is 95.5. The minimum atomic E-state index is -9.83. The van der Waals surface area contributed by atoms with Crippen LogP contribution >= 0.6 is 10.2 Å². The second kappa shape index (κ2) is 8.23. The molecule has 5 N–H and O–H groups in total. The van der Waals surface area contributed by atoms with E-state index < -0.39 is 50.5 Å². The van der Waals surface area contributed by atoms with Gasteiger partial charge in [0.05, 0.1) is 0 Å². The Kier molecular flexibility index (Phi) is 6.68. The molecule has 0 spiro atoms. The van der Waals surface area contributed by atoms with E-state index in [4.69, 9.17) is 15.1 Å². The molecule has 2 fully saturated rings. The fraction of sp³-hybridized carbons (Fsp3) is 0.471. The monoisotopic (exact) mass is 529 g/mol. The first-order valence-corrected chi connectivity index (χ1v) is 11.3. The molecule has 3 rings (SSSR count). The molecule has 1 aromatic rings. The van der Waals surface area contributed by atoms with E-state index >= 15 is 0 Å². The van der Waals surface area contributed by atoms with Gasteiger partial charge in [-0.1, -0.05) is 19.4 Å². The predicted octanol–water partition coefficient (Wildman–Crippen LogP) is 3.58. The minimum Gasteiger partial charge on any atom is -0.475 e. The smallest absolute Gasteiger partial charge is 0.475 e. The summed E-state index contributed by atoms with van der Waals surface area (Å²) >= 11 is 0. The third-order valence-electron chi connectivity index (χ3n) is 5.33. The lowest BCUT2D eigenvalue weighted by molar-refractivity contribution is -0.192. The molecule has 1 saturated carbocycles. The van der Waals surface area contributed by atoms with Crippen molar-refractivity contribution in [3.63, 3.8) is 0 Å². The molecule has 1 aromatic carbocycles. The van der Waals surface area contributed by atoms with Gasteiger partial charge in [0.25, 0.3) is 11.8 Å². The van der Waals surface area contributed by atoms with Gasteiger partial charge in [0.1, 0.15) is 10.9 Å². The second-order valence-electron chi connectivity index (χ2n) is 7.79. The minimum absolute atomic E-state index is 0.138. The highest BCUT2D eigenvalue weighted by Crippen LogP contribution is 3.02. The summed E-state index contributed by atoms with van der Waals surface area (Å²) in [7, 11) is -9.83. The van der Waals surface area contributed by atoms with E-state index in [-0.39, 0.29) is 23.6 Å². The number of amides is 2. The first kappa shape index (κ1) is 27.6. The van der Waals surface area contributed by atoms with Crippen molar-refractivity contribution in [1.29, 1.82) is 0 Å². The highest BCUT2D eigenvalue weighted by molar-refractivity contribution is 8.45. The van der Waals surface area contributed by atoms with E-state index in [0.717, 1.165) is 12.8 Å². The van der Waals surface area contributed by atoms with Crippen molar-refractivity contribution in [2.75, 3.05) is 13.1 Å². The van der Waals surface area contributed by atoms with Crippen LogP contribution in [0.4, 0.5) is 32.6 Å². The molecular formula is C17H19F8N3O5S. The van der Waals surface area contributed by atoms with Crippen molar-refractivity contribution in [3.8, 4) is 0 Å². The predicted molar refractivity (Wildman–Crippen MR) is 101 cm³/mol. The van der Waals surface area contributed by atoms with Crippen molar-refractivity contribution in [3.05, 3.63) is 29.8 Å². The van der Waals surface area contributed by atoms with Gasteiger partial charge in [-0.15, -0.1) is 0 Å². The van der Waals surface area contributed by atoms with Crippen LogP contribution in [0.3, 0.4) is 0 Å². The summed E-state index contributed by atoms with van der Waals surface area (Å²) in [5.74, 6) is -4.34. The number of carbonyl (C=O) groups is 3. The van der Waals surface area contributed by atoms with E-state index in [1.54, 1.807) is 0 Å². The average Bonchev–Trinajstić information content (AvgIpc) is 3.49. The molecule has 1 aliphatic heterocycles. The summed E-state index contributed by atoms with van der Waals surface area (Å²) in [6, 6.07) is 0.413. The van der Waals surface area contributed by atoms with E-state index in [1.807, 2.05) is 0 Å². The van der Waals surface area contributed by atoms with Gasteiger partial charge in [-0.3, -0.25) is 14.8 Å². The molecule has 0 aromatic heterocycles. The van der Waals surface area contributed by atoms with Crippen LogP contribution < -0.4 is 16.1 Å². The van der Waals surface area contributed by atoms with E-state index in [2.05, 4.69) is 10.6 Å². The standard InChI is InChI=1S/C15H18F5N3O3S.C2HF3O2/c16-27(17,18,19,20)11-5-1-9(2-6-11)13(24)22-12(14(25)23-26)15(7-21-8-15)10-3-4-10;3-2(4,5)1(6)7/h1-2,5-6,10,12,21,26H,3-4,7-8H2,(H,22,24)(H,23,25);(H,6,7)/t12-;/m1./s1. The Bertz CT molecular complexity index is 961. The fourth-order valence-corrected chi connectivity index (χ4v) is 4.06. The molecule has 194 valence electrons. The highest BCUT2D eigenvalue weighted by Gasteiger charge is 2.65. The van der Waals surface area contributed by atoms with Crippen LogP contribution in [0, 0.1) is 11.3 Å². The third-order valence-corrected chi connectivity index (χ3v) is 6.49. The van der Waals surface area contributed by atoms with Gasteiger partial charge in [0.15, 0.2) is 0 Å². The first-order chi connectivity index (χ1) is 15.2. The van der Waals surface area contributed by atoms with Gasteiger partial charge >= 0.3 is 22.4 Å². The van der Waals surface area contributed by atoms with E-state index in [9.17, 15) is 42.2 Å². The number of alkyl halides is 3. The zero-order chi connectivity index (χ0) is 26.2. The molecule has 34 heavy (non-hydrogen) atoms. The Morgan fingerprint density at radius 2 is 1.50 bits per heavy atom. The summed E-state index contributed by atoms with van der Waals surface area (Å²) in [5, 5.41) is 21.5. The maximum Gasteiger partial charge on any atom is 0.490 e. The molecule has 2 aliphatic rings. The zero-order valence-corrected chi connectivity index (χ0v) is 17.7. The van der Waals surface area contributed by atoms with E-state index in [1.165, 1.54) is 5.48 Å². The number of nitrogens with one attached hydrogen (secondary N) is 3. The lowest BCUT2D eigenvalue weighted by Crippen LogP contribution is -2.69. The lowest BCUT2D eigenvalue weighted by atomic mass is 9.70. The Morgan fingerprint density at radius 1 is 1.03 bits per heavy atom. The Balaban J connectivity index is 0.000000509. The molecule has 2 amide bonds. The van der Waals surface area contributed by atoms with Crippen molar-refractivity contribution >= 4 is 28.0 Å². The van der Waals surface area contributed by atoms with Gasteiger partial charge in [-0.2, -0.15) is 13.2 Å².